The number of likely N-dealkylation sites (tertiary alicyclic amines) is 1. The van der Waals surface area contributed by atoms with E-state index in [9.17, 15) is 22.8 Å². The number of hydrogen-bond acceptors (Lipinski definition) is 4. The number of carbonyl (C=O) groups excluding carboxylic acids is 2. The second kappa shape index (κ2) is 8.36. The van der Waals surface area contributed by atoms with Crippen LogP contribution in [0, 0.1) is 5.92 Å². The fourth-order valence-corrected chi connectivity index (χ4v) is 4.45. The van der Waals surface area contributed by atoms with Crippen molar-refractivity contribution in [1.82, 2.24) is 20.0 Å². The summed E-state index contributed by atoms with van der Waals surface area (Å²) in [5, 5.41) is 9.76. The summed E-state index contributed by atoms with van der Waals surface area (Å²) in [6, 6.07) is 3.88. The van der Waals surface area contributed by atoms with Gasteiger partial charge in [-0.05, 0) is 63.4 Å². The molecule has 0 aliphatic carbocycles. The predicted octanol–water partition coefficient (Wildman–Crippen LogP) is 3.52. The normalized spacial score (nSPS) is 18.4. The van der Waals surface area contributed by atoms with Gasteiger partial charge in [0, 0.05) is 24.2 Å². The van der Waals surface area contributed by atoms with Crippen molar-refractivity contribution in [3.63, 3.8) is 0 Å². The van der Waals surface area contributed by atoms with Gasteiger partial charge in [-0.25, -0.2) is 4.79 Å². The van der Waals surface area contributed by atoms with Gasteiger partial charge in [-0.1, -0.05) is 0 Å². The summed E-state index contributed by atoms with van der Waals surface area (Å²) in [6.45, 7) is 5.99. The molecule has 178 valence electrons. The van der Waals surface area contributed by atoms with Crippen molar-refractivity contribution in [2.45, 2.75) is 44.9 Å². The second-order valence-corrected chi connectivity index (χ2v) is 9.05. The number of amides is 3. The van der Waals surface area contributed by atoms with Crippen LogP contribution in [0.25, 0.3) is 0 Å². The average Bonchev–Trinajstić information content (AvgIpc) is 3.30. The number of anilines is 1. The Morgan fingerprint density at radius 3 is 2.42 bits per heavy atom. The number of rotatable bonds is 3. The van der Waals surface area contributed by atoms with Crippen molar-refractivity contribution in [1.29, 1.82) is 0 Å². The fraction of sp³-hybridized carbons (Fsp3) is 0.500. The van der Waals surface area contributed by atoms with Gasteiger partial charge in [-0.2, -0.15) is 18.3 Å². The molecule has 0 spiro atoms. The molecule has 1 aromatic carbocycles. The van der Waals surface area contributed by atoms with E-state index in [0.29, 0.717) is 31.1 Å². The lowest BCUT2D eigenvalue weighted by Gasteiger charge is -2.39. The lowest BCUT2D eigenvalue weighted by molar-refractivity contribution is -0.137. The van der Waals surface area contributed by atoms with Crippen LogP contribution in [-0.2, 0) is 18.3 Å². The largest absolute Gasteiger partial charge is 0.416 e. The zero-order valence-electron chi connectivity index (χ0n) is 18.5. The highest BCUT2D eigenvalue weighted by Gasteiger charge is 2.45. The number of alkyl halides is 3. The molecular formula is C22H27F3N6O2. The topological polar surface area (TPSA) is 107 Å². The van der Waals surface area contributed by atoms with Crippen LogP contribution in [0.5, 0.6) is 0 Å². The van der Waals surface area contributed by atoms with E-state index in [-0.39, 0.29) is 24.0 Å². The Morgan fingerprint density at radius 2 is 1.85 bits per heavy atom. The van der Waals surface area contributed by atoms with Gasteiger partial charge in [0.05, 0.1) is 23.3 Å². The van der Waals surface area contributed by atoms with Gasteiger partial charge in [0.1, 0.15) is 0 Å². The van der Waals surface area contributed by atoms with Gasteiger partial charge in [-0.3, -0.25) is 9.89 Å². The molecule has 0 unspecified atom stereocenters. The van der Waals surface area contributed by atoms with Gasteiger partial charge in [-0.15, -0.1) is 0 Å². The lowest BCUT2D eigenvalue weighted by Crippen LogP contribution is -2.51. The molecule has 2 aliphatic rings. The van der Waals surface area contributed by atoms with Crippen molar-refractivity contribution >= 4 is 17.8 Å². The molecule has 4 N–H and O–H groups in total. The lowest BCUT2D eigenvalue weighted by atomic mass is 9.97. The minimum absolute atomic E-state index is 0.0766. The van der Waals surface area contributed by atoms with Crippen molar-refractivity contribution in [3.05, 3.63) is 46.6 Å². The first-order valence-corrected chi connectivity index (χ1v) is 10.8. The number of aromatic nitrogens is 2. The molecular weight excluding hydrogens is 437 g/mol. The summed E-state index contributed by atoms with van der Waals surface area (Å²) in [5.41, 5.74) is 5.74. The van der Waals surface area contributed by atoms with E-state index in [1.807, 2.05) is 18.7 Å². The molecule has 2 aromatic rings. The quantitative estimate of drug-likeness (QED) is 0.646. The van der Waals surface area contributed by atoms with Crippen LogP contribution >= 0.6 is 0 Å². The molecule has 0 saturated carbocycles. The maximum atomic E-state index is 13.3. The van der Waals surface area contributed by atoms with Gasteiger partial charge in [0.2, 0.25) is 0 Å². The number of nitrogens with zero attached hydrogens (tertiary/aromatic N) is 3. The Hall–Kier alpha value is -3.08. The Morgan fingerprint density at radius 1 is 1.21 bits per heavy atom. The Kier molecular flexibility index (Phi) is 5.85. The van der Waals surface area contributed by atoms with Crippen LogP contribution in [-0.4, -0.2) is 51.6 Å². The highest BCUT2D eigenvalue weighted by atomic mass is 19.4. The Balaban J connectivity index is 1.48. The highest BCUT2D eigenvalue weighted by Crippen LogP contribution is 2.41. The smallest absolute Gasteiger partial charge is 0.330 e. The van der Waals surface area contributed by atoms with E-state index in [0.717, 1.165) is 42.8 Å². The van der Waals surface area contributed by atoms with Crippen LogP contribution in [0.4, 0.5) is 23.8 Å². The molecule has 11 heteroatoms. The second-order valence-electron chi connectivity index (χ2n) is 9.05. The molecule has 0 atom stereocenters. The predicted molar refractivity (Wildman–Crippen MR) is 115 cm³/mol. The van der Waals surface area contributed by atoms with Crippen molar-refractivity contribution in [2.24, 2.45) is 11.7 Å². The number of urea groups is 1. The molecule has 4 rings (SSSR count). The standard InChI is InChI=1S/C22H27F3N6O2/c1-21(2)17-16(12-31(21)20(33)30-9-7-13(11-26)8-10-30)18(29-28-17)27-19(32)14-3-5-15(6-4-14)22(23,24)25/h3-6,13H,7-12,26H2,1-2H3,(H2,27,28,29,32). The first-order chi connectivity index (χ1) is 15.5. The van der Waals surface area contributed by atoms with Gasteiger partial charge in [0.25, 0.3) is 5.91 Å². The number of nitrogens with two attached hydrogens (primary N) is 1. The van der Waals surface area contributed by atoms with Gasteiger partial charge in [0.15, 0.2) is 5.82 Å². The van der Waals surface area contributed by atoms with E-state index < -0.39 is 23.2 Å². The number of piperidine rings is 1. The molecule has 2 aliphatic heterocycles. The Bertz CT molecular complexity index is 1040. The zero-order chi connectivity index (χ0) is 24.0. The number of hydrogen-bond donors (Lipinski definition) is 3. The van der Waals surface area contributed by atoms with E-state index >= 15 is 0 Å². The van der Waals surface area contributed by atoms with E-state index in [4.69, 9.17) is 5.73 Å². The monoisotopic (exact) mass is 464 g/mol. The third-order valence-electron chi connectivity index (χ3n) is 6.63. The molecule has 8 nitrogen and oxygen atoms in total. The first kappa shape index (κ1) is 23.1. The number of aromatic amines is 1. The van der Waals surface area contributed by atoms with Crippen LogP contribution < -0.4 is 11.1 Å². The summed E-state index contributed by atoms with van der Waals surface area (Å²) < 4.78 is 38.3. The summed E-state index contributed by atoms with van der Waals surface area (Å²) in [4.78, 5) is 29.4. The number of halogens is 3. The summed E-state index contributed by atoms with van der Waals surface area (Å²) in [6.07, 6.45) is -2.73. The summed E-state index contributed by atoms with van der Waals surface area (Å²) in [5.74, 6) is 0.120. The third kappa shape index (κ3) is 4.29. The SMILES string of the molecule is CC1(C)c2[nH]nc(NC(=O)c3ccc(C(F)(F)F)cc3)c2CN1C(=O)N1CCC(CN)CC1. The number of H-pyrrole nitrogens is 1. The minimum Gasteiger partial charge on any atom is -0.330 e. The summed E-state index contributed by atoms with van der Waals surface area (Å²) in [7, 11) is 0. The molecule has 0 bridgehead atoms. The van der Waals surface area contributed by atoms with Crippen LogP contribution in [0.1, 0.15) is 53.9 Å². The van der Waals surface area contributed by atoms with E-state index in [2.05, 4.69) is 15.5 Å². The molecule has 3 amide bonds. The van der Waals surface area contributed by atoms with Crippen molar-refractivity contribution in [2.75, 3.05) is 25.0 Å². The van der Waals surface area contributed by atoms with Crippen LogP contribution in [0.15, 0.2) is 24.3 Å². The maximum absolute atomic E-state index is 13.3. The maximum Gasteiger partial charge on any atom is 0.416 e. The molecule has 1 saturated heterocycles. The minimum atomic E-state index is -4.47. The van der Waals surface area contributed by atoms with Crippen LogP contribution in [0.2, 0.25) is 0 Å². The third-order valence-corrected chi connectivity index (χ3v) is 6.63. The number of nitrogens with one attached hydrogen (secondary N) is 2. The van der Waals surface area contributed by atoms with E-state index in [1.54, 1.807) is 4.90 Å². The number of fused-ring (bicyclic) bond motifs is 1. The molecule has 33 heavy (non-hydrogen) atoms. The zero-order valence-corrected chi connectivity index (χ0v) is 18.5. The number of benzene rings is 1. The van der Waals surface area contributed by atoms with E-state index in [1.165, 1.54) is 0 Å². The molecule has 1 aromatic heterocycles. The molecule has 0 radical (unpaired) electrons. The summed E-state index contributed by atoms with van der Waals surface area (Å²) >= 11 is 0. The van der Waals surface area contributed by atoms with Gasteiger partial charge < -0.3 is 20.9 Å². The van der Waals surface area contributed by atoms with Crippen molar-refractivity contribution in [3.8, 4) is 0 Å². The average molecular weight is 464 g/mol. The molecule has 1 fully saturated rings. The van der Waals surface area contributed by atoms with Crippen molar-refractivity contribution < 1.29 is 22.8 Å². The fourth-order valence-electron chi connectivity index (χ4n) is 4.45. The molecule has 3 heterocycles. The first-order valence-electron chi connectivity index (χ1n) is 10.8. The number of carbonyl (C=O) groups is 2. The van der Waals surface area contributed by atoms with Crippen LogP contribution in [0.3, 0.4) is 0 Å². The van der Waals surface area contributed by atoms with Gasteiger partial charge >= 0.3 is 12.2 Å². The Labute approximate surface area is 189 Å². The highest BCUT2D eigenvalue weighted by molar-refractivity contribution is 6.04.